The highest BCUT2D eigenvalue weighted by Crippen LogP contribution is 2.60. The maximum Gasteiger partial charge on any atom is 0.298 e. The minimum Gasteiger partial charge on any atom is -0.748 e. The van der Waals surface area contributed by atoms with Crippen LogP contribution in [0.2, 0.25) is 5.02 Å². The van der Waals surface area contributed by atoms with Crippen molar-refractivity contribution in [3.05, 3.63) is 55.9 Å². The molecule has 196 valence electrons. The van der Waals surface area contributed by atoms with Crippen LogP contribution in [0.15, 0.2) is 50.8 Å². The van der Waals surface area contributed by atoms with Crippen LogP contribution in [0.1, 0.15) is 11.4 Å². The highest BCUT2D eigenvalue weighted by atomic mass is 79.9. The normalized spacial score (nSPS) is 22.1. The summed E-state index contributed by atoms with van der Waals surface area (Å²) in [5.41, 5.74) is 1.70. The summed E-state index contributed by atoms with van der Waals surface area (Å²) < 4.78 is 63.1. The molecule has 0 radical (unpaired) electrons. The summed E-state index contributed by atoms with van der Waals surface area (Å²) in [4.78, 5) is 13.8. The molecule has 37 heavy (non-hydrogen) atoms. The van der Waals surface area contributed by atoms with Gasteiger partial charge in [-0.15, -0.1) is 0 Å². The summed E-state index contributed by atoms with van der Waals surface area (Å²) in [6, 6.07) is 10.6. The Morgan fingerprint density at radius 2 is 2.03 bits per heavy atom. The number of thioether (sulfide) groups is 1. The number of aryl methyl sites for hydroxylation is 1. The van der Waals surface area contributed by atoms with Gasteiger partial charge in [0, 0.05) is 33.8 Å². The zero-order chi connectivity index (χ0) is 26.8. The Morgan fingerprint density at radius 1 is 1.27 bits per heavy atom. The molecule has 2 unspecified atom stereocenters. The Balaban J connectivity index is 1.60. The average molecular weight is 666 g/mol. The molecular weight excluding hydrogens is 646 g/mol. The van der Waals surface area contributed by atoms with Gasteiger partial charge in [-0.25, -0.2) is 26.0 Å². The second-order valence-corrected chi connectivity index (χ2v) is 15.6. The van der Waals surface area contributed by atoms with E-state index in [4.69, 9.17) is 11.6 Å². The second-order valence-electron chi connectivity index (χ2n) is 8.82. The molecular formula is C22H20BrClN3O6S4+. The minimum absolute atomic E-state index is 0.146. The average Bonchev–Trinajstić information content (AvgIpc) is 3.35. The van der Waals surface area contributed by atoms with Crippen molar-refractivity contribution in [1.82, 2.24) is 9.21 Å². The van der Waals surface area contributed by atoms with Gasteiger partial charge in [-0.3, -0.25) is 4.79 Å². The van der Waals surface area contributed by atoms with Crippen LogP contribution >= 0.6 is 50.6 Å². The third-order valence-electron chi connectivity index (χ3n) is 6.12. The third kappa shape index (κ3) is 5.48. The van der Waals surface area contributed by atoms with Crippen LogP contribution in [0.4, 0.5) is 5.69 Å². The Bertz CT molecular complexity index is 1710. The lowest BCUT2D eigenvalue weighted by atomic mass is 10.3. The Kier molecular flexibility index (Phi) is 7.01. The zero-order valence-corrected chi connectivity index (χ0v) is 24.8. The minimum atomic E-state index is -4.35. The first kappa shape index (κ1) is 27.1. The van der Waals surface area contributed by atoms with E-state index in [-0.39, 0.29) is 10.9 Å². The molecule has 9 nitrogen and oxygen atoms in total. The van der Waals surface area contributed by atoms with Crippen LogP contribution in [0, 0.1) is 0 Å². The Morgan fingerprint density at radius 3 is 2.73 bits per heavy atom. The number of benzene rings is 2. The largest absolute Gasteiger partial charge is 0.748 e. The number of halogens is 2. The van der Waals surface area contributed by atoms with E-state index in [0.717, 1.165) is 41.6 Å². The number of fused-ring (bicyclic) bond motifs is 3. The topological polar surface area (TPSA) is 124 Å². The Labute approximate surface area is 235 Å². The molecule has 2 atom stereocenters. The molecule has 1 fully saturated rings. The first-order valence-corrected chi connectivity index (χ1v) is 17.2. The van der Waals surface area contributed by atoms with Crippen molar-refractivity contribution in [1.29, 1.82) is 0 Å². The fraction of sp³-hybridized carbons (Fsp3) is 0.273. The number of carbonyl (C=O) groups is 1. The summed E-state index contributed by atoms with van der Waals surface area (Å²) in [5.74, 6) is -1.07. The van der Waals surface area contributed by atoms with Gasteiger partial charge in [-0.05, 0) is 36.0 Å². The van der Waals surface area contributed by atoms with Gasteiger partial charge in [0.15, 0.2) is 23.8 Å². The predicted octanol–water partition coefficient (Wildman–Crippen LogP) is 3.41. The van der Waals surface area contributed by atoms with E-state index >= 15 is 0 Å². The SMILES string of the molecule is CS(=O)(=O)NC(=O)C1C[N+]12C(=Cc1sc3ccc(Br)cc3[n+]1CCCS(=O)(=O)[O-])Sc1ccc(Cl)cc12. The summed E-state index contributed by atoms with van der Waals surface area (Å²) in [6.07, 6.45) is 3.04. The van der Waals surface area contributed by atoms with Gasteiger partial charge in [-0.2, -0.15) is 4.57 Å². The number of thiazole rings is 1. The quantitative estimate of drug-likeness (QED) is 0.178. The number of hydrogen-bond acceptors (Lipinski definition) is 8. The number of aromatic nitrogens is 1. The molecule has 5 rings (SSSR count). The lowest BCUT2D eigenvalue weighted by molar-refractivity contribution is -0.668. The first-order chi connectivity index (χ1) is 17.3. The van der Waals surface area contributed by atoms with Gasteiger partial charge in [0.25, 0.3) is 10.9 Å². The first-order valence-electron chi connectivity index (χ1n) is 10.9. The van der Waals surface area contributed by atoms with Crippen LogP contribution < -0.4 is 13.8 Å². The number of sulfonamides is 1. The van der Waals surface area contributed by atoms with E-state index in [9.17, 15) is 26.2 Å². The predicted molar refractivity (Wildman–Crippen MR) is 148 cm³/mol. The van der Waals surface area contributed by atoms with E-state index in [1.807, 2.05) is 34.9 Å². The van der Waals surface area contributed by atoms with Crippen molar-refractivity contribution < 1.29 is 30.7 Å². The van der Waals surface area contributed by atoms with Gasteiger partial charge in [0.2, 0.25) is 21.6 Å². The molecule has 1 N–H and O–H groups in total. The van der Waals surface area contributed by atoms with Gasteiger partial charge >= 0.3 is 0 Å². The molecule has 15 heteroatoms. The number of carbonyl (C=O) groups excluding carboxylic acids is 1. The van der Waals surface area contributed by atoms with Crippen molar-refractivity contribution >= 4 is 98.7 Å². The van der Waals surface area contributed by atoms with Crippen LogP contribution in [0.3, 0.4) is 0 Å². The number of amides is 1. The third-order valence-corrected chi connectivity index (χ3v) is 10.5. The number of quaternary nitrogens is 1. The molecule has 1 aromatic heterocycles. The summed E-state index contributed by atoms with van der Waals surface area (Å²) in [5, 5.41) is 2.14. The van der Waals surface area contributed by atoms with Gasteiger partial charge < -0.3 is 4.55 Å². The van der Waals surface area contributed by atoms with Crippen molar-refractivity contribution in [2.45, 2.75) is 23.9 Å². The number of rotatable bonds is 7. The number of hydrogen-bond donors (Lipinski definition) is 1. The van der Waals surface area contributed by atoms with Crippen molar-refractivity contribution in [2.24, 2.45) is 0 Å². The monoisotopic (exact) mass is 664 g/mol. The van der Waals surface area contributed by atoms with Crippen LogP contribution in [0.25, 0.3) is 16.3 Å². The van der Waals surface area contributed by atoms with Crippen LogP contribution in [-0.4, -0.2) is 51.9 Å². The molecule has 1 spiro atoms. The van der Waals surface area contributed by atoms with Gasteiger partial charge in [0.05, 0.1) is 27.3 Å². The molecule has 2 aromatic carbocycles. The van der Waals surface area contributed by atoms with Crippen molar-refractivity contribution in [3.63, 3.8) is 0 Å². The lowest BCUT2D eigenvalue weighted by Crippen LogP contribution is -2.39. The molecule has 2 aliphatic rings. The van der Waals surface area contributed by atoms with E-state index in [0.29, 0.717) is 18.1 Å². The van der Waals surface area contributed by atoms with E-state index in [1.54, 1.807) is 12.1 Å². The second kappa shape index (κ2) is 9.59. The molecule has 2 aliphatic heterocycles. The summed E-state index contributed by atoms with van der Waals surface area (Å²) in [7, 11) is -8.08. The van der Waals surface area contributed by atoms with Gasteiger partial charge in [0.1, 0.15) is 4.70 Å². The number of nitrogens with one attached hydrogen (secondary N) is 1. The van der Waals surface area contributed by atoms with Gasteiger partial charge in [-0.1, -0.05) is 38.9 Å². The zero-order valence-electron chi connectivity index (χ0n) is 19.2. The summed E-state index contributed by atoms with van der Waals surface area (Å²) >= 11 is 12.8. The number of nitrogens with zero attached hydrogens (tertiary/aromatic N) is 2. The molecule has 0 saturated carbocycles. The van der Waals surface area contributed by atoms with E-state index in [2.05, 4.69) is 20.7 Å². The smallest absolute Gasteiger partial charge is 0.298 e. The Hall–Kier alpha value is -1.52. The molecule has 0 aliphatic carbocycles. The molecule has 3 aromatic rings. The maximum absolute atomic E-state index is 12.9. The van der Waals surface area contributed by atoms with E-state index < -0.39 is 37.8 Å². The highest BCUT2D eigenvalue weighted by Gasteiger charge is 2.68. The fourth-order valence-corrected chi connectivity index (χ4v) is 8.53. The molecule has 3 heterocycles. The molecule has 1 saturated heterocycles. The van der Waals surface area contributed by atoms with Crippen molar-refractivity contribution in [3.8, 4) is 0 Å². The van der Waals surface area contributed by atoms with Crippen molar-refractivity contribution in [2.75, 3.05) is 18.6 Å². The highest BCUT2D eigenvalue weighted by molar-refractivity contribution is 9.10. The lowest BCUT2D eigenvalue weighted by Gasteiger charge is -2.14. The standard InChI is InChI=1S/C22H19BrClN3O6S4/c1-36(29,30)25-22(28)17-12-27(17)16-10-14(24)4-6-19(16)35-21(27)11-20-26(7-2-8-37(31,32)33)15-9-13(23)3-5-18(15)34-20/h3-6,9-11,17H,2,7-8,12H2,1H3/p+1. The van der Waals surface area contributed by atoms with Crippen LogP contribution in [-0.2, 0) is 31.5 Å². The summed E-state index contributed by atoms with van der Waals surface area (Å²) in [6.45, 7) is 0.677. The molecule has 1 amide bonds. The van der Waals surface area contributed by atoms with Crippen LogP contribution in [0.5, 0.6) is 0 Å². The fourth-order valence-electron chi connectivity index (χ4n) is 4.53. The van der Waals surface area contributed by atoms with E-state index in [1.165, 1.54) is 23.1 Å². The maximum atomic E-state index is 12.9. The molecule has 0 bridgehead atoms.